The van der Waals surface area contributed by atoms with Crippen LogP contribution >= 0.6 is 0 Å². The van der Waals surface area contributed by atoms with Gasteiger partial charge in [0.1, 0.15) is 0 Å². The molecule has 3 atom stereocenters. The summed E-state index contributed by atoms with van der Waals surface area (Å²) in [5.74, 6) is 0.385. The molecule has 1 spiro atoms. The van der Waals surface area contributed by atoms with E-state index in [1.165, 1.54) is 51.6 Å². The predicted molar refractivity (Wildman–Crippen MR) is 133 cm³/mol. The Bertz CT molecular complexity index is 879. The van der Waals surface area contributed by atoms with E-state index in [4.69, 9.17) is 4.74 Å². The van der Waals surface area contributed by atoms with Crippen LogP contribution in [0.15, 0.2) is 24.3 Å². The number of piperidine rings is 2. The van der Waals surface area contributed by atoms with Gasteiger partial charge >= 0.3 is 0 Å². The second-order valence-corrected chi connectivity index (χ2v) is 10.9. The van der Waals surface area contributed by atoms with Gasteiger partial charge in [0.05, 0.1) is 18.1 Å². The van der Waals surface area contributed by atoms with Crippen LogP contribution in [0.25, 0.3) is 0 Å². The van der Waals surface area contributed by atoms with Gasteiger partial charge in [-0.25, -0.2) is 0 Å². The van der Waals surface area contributed by atoms with E-state index in [1.54, 1.807) is 7.11 Å². The van der Waals surface area contributed by atoms with Crippen molar-refractivity contribution in [2.24, 2.45) is 5.92 Å². The van der Waals surface area contributed by atoms with Gasteiger partial charge in [0.25, 0.3) is 5.91 Å². The molecule has 186 valence electrons. The van der Waals surface area contributed by atoms with Gasteiger partial charge in [0.2, 0.25) is 5.91 Å². The van der Waals surface area contributed by atoms with Crippen molar-refractivity contribution in [3.05, 3.63) is 35.4 Å². The molecule has 3 heterocycles. The third kappa shape index (κ3) is 4.28. The number of amides is 2. The van der Waals surface area contributed by atoms with E-state index in [9.17, 15) is 9.59 Å². The first-order chi connectivity index (χ1) is 16.7. The van der Waals surface area contributed by atoms with Crippen molar-refractivity contribution in [3.8, 4) is 0 Å². The first kappa shape index (κ1) is 23.8. The molecule has 1 N–H and O–H groups in total. The Hall–Kier alpha value is -1.92. The van der Waals surface area contributed by atoms with Crippen molar-refractivity contribution in [1.29, 1.82) is 0 Å². The summed E-state index contributed by atoms with van der Waals surface area (Å²) in [4.78, 5) is 32.4. The van der Waals surface area contributed by atoms with E-state index in [1.807, 2.05) is 29.2 Å². The second kappa shape index (κ2) is 10.4. The number of rotatable bonds is 6. The average Bonchev–Trinajstić information content (AvgIpc) is 2.88. The first-order valence-electron chi connectivity index (χ1n) is 13.6. The van der Waals surface area contributed by atoms with Crippen molar-refractivity contribution in [2.45, 2.75) is 81.7 Å². The van der Waals surface area contributed by atoms with Crippen LogP contribution in [0, 0.1) is 5.92 Å². The fourth-order valence-corrected chi connectivity index (χ4v) is 7.50. The lowest BCUT2D eigenvalue weighted by atomic mass is 9.65. The van der Waals surface area contributed by atoms with Crippen LogP contribution in [0.2, 0.25) is 0 Å². The van der Waals surface area contributed by atoms with Crippen molar-refractivity contribution < 1.29 is 14.3 Å². The van der Waals surface area contributed by atoms with E-state index < -0.39 is 5.54 Å². The molecule has 3 unspecified atom stereocenters. The number of benzene rings is 1. The molecule has 3 aliphatic heterocycles. The molecule has 34 heavy (non-hydrogen) atoms. The van der Waals surface area contributed by atoms with E-state index in [-0.39, 0.29) is 17.7 Å². The van der Waals surface area contributed by atoms with Crippen LogP contribution in [0.4, 0.5) is 0 Å². The van der Waals surface area contributed by atoms with Gasteiger partial charge in [0.15, 0.2) is 0 Å². The zero-order chi connectivity index (χ0) is 23.5. The minimum absolute atomic E-state index is 0.0590. The molecule has 1 aromatic carbocycles. The fraction of sp³-hybridized carbons (Fsp3) is 0.714. The molecule has 0 bridgehead atoms. The molecule has 4 aliphatic rings. The normalized spacial score (nSPS) is 28.9. The number of carbonyl (C=O) groups is 2. The van der Waals surface area contributed by atoms with Crippen LogP contribution in [0.1, 0.15) is 86.0 Å². The standard InChI is InChI=1S/C28H41N3O3/c1-34-19-18-31-27(33)23-12-4-3-11-22(23)25(28(31)14-6-2-7-15-28)26(32)29-20-21-10-9-17-30-16-8-5-13-24(21)30/h3-4,11-12,21,24-25H,2,5-10,13-20H2,1H3,(H,29,32). The predicted octanol–water partition coefficient (Wildman–Crippen LogP) is 3.96. The number of methoxy groups -OCH3 is 1. The Labute approximate surface area is 204 Å². The third-order valence-corrected chi connectivity index (χ3v) is 9.09. The van der Waals surface area contributed by atoms with Gasteiger partial charge < -0.3 is 19.9 Å². The monoisotopic (exact) mass is 467 g/mol. The number of nitrogens with one attached hydrogen (secondary N) is 1. The Kier molecular flexibility index (Phi) is 7.26. The lowest BCUT2D eigenvalue weighted by Crippen LogP contribution is -2.63. The molecule has 6 heteroatoms. The molecule has 5 rings (SSSR count). The summed E-state index contributed by atoms with van der Waals surface area (Å²) in [5.41, 5.74) is 1.16. The highest BCUT2D eigenvalue weighted by Gasteiger charge is 2.54. The molecule has 2 amide bonds. The molecule has 3 fully saturated rings. The summed E-state index contributed by atoms with van der Waals surface area (Å²) in [6.45, 7) is 4.20. The summed E-state index contributed by atoms with van der Waals surface area (Å²) >= 11 is 0. The lowest BCUT2D eigenvalue weighted by molar-refractivity contribution is -0.128. The number of ether oxygens (including phenoxy) is 1. The van der Waals surface area contributed by atoms with Crippen molar-refractivity contribution >= 4 is 11.8 Å². The molecule has 6 nitrogen and oxygen atoms in total. The van der Waals surface area contributed by atoms with Gasteiger partial charge in [-0.2, -0.15) is 0 Å². The topological polar surface area (TPSA) is 61.9 Å². The van der Waals surface area contributed by atoms with Crippen LogP contribution in [-0.4, -0.2) is 73.1 Å². The molecule has 0 aromatic heterocycles. The summed E-state index contributed by atoms with van der Waals surface area (Å²) in [6.07, 6.45) is 11.4. The number of fused-ring (bicyclic) bond motifs is 2. The van der Waals surface area contributed by atoms with Gasteiger partial charge in [-0.05, 0) is 69.2 Å². The first-order valence-corrected chi connectivity index (χ1v) is 13.6. The molecular weight excluding hydrogens is 426 g/mol. The zero-order valence-corrected chi connectivity index (χ0v) is 20.8. The molecule has 2 saturated heterocycles. The van der Waals surface area contributed by atoms with E-state index in [0.29, 0.717) is 30.7 Å². The molecular formula is C28H41N3O3. The largest absolute Gasteiger partial charge is 0.383 e. The molecule has 1 aromatic rings. The fourth-order valence-electron chi connectivity index (χ4n) is 7.50. The summed E-state index contributed by atoms with van der Waals surface area (Å²) < 4.78 is 5.39. The lowest BCUT2D eigenvalue weighted by Gasteiger charge is -2.54. The average molecular weight is 468 g/mol. The molecule has 1 aliphatic carbocycles. The van der Waals surface area contributed by atoms with E-state index in [2.05, 4.69) is 10.2 Å². The maximum atomic E-state index is 14.1. The number of carbonyl (C=O) groups excluding carboxylic acids is 2. The Morgan fingerprint density at radius 3 is 2.68 bits per heavy atom. The number of hydrogen-bond acceptors (Lipinski definition) is 4. The molecule has 0 radical (unpaired) electrons. The SMILES string of the molecule is COCCN1C(=O)c2ccccc2C(C(=O)NCC2CCCN3CCCCC23)C12CCCCC2. The van der Waals surface area contributed by atoms with Gasteiger partial charge in [-0.15, -0.1) is 0 Å². The summed E-state index contributed by atoms with van der Waals surface area (Å²) in [7, 11) is 1.68. The smallest absolute Gasteiger partial charge is 0.254 e. The van der Waals surface area contributed by atoms with Gasteiger partial charge in [-0.3, -0.25) is 9.59 Å². The molecule has 1 saturated carbocycles. The Morgan fingerprint density at radius 1 is 1.06 bits per heavy atom. The van der Waals surface area contributed by atoms with Crippen molar-refractivity contribution in [2.75, 3.05) is 39.9 Å². The Morgan fingerprint density at radius 2 is 1.85 bits per heavy atom. The quantitative estimate of drug-likeness (QED) is 0.688. The second-order valence-electron chi connectivity index (χ2n) is 10.9. The highest BCUT2D eigenvalue weighted by molar-refractivity contribution is 6.02. The van der Waals surface area contributed by atoms with Crippen LogP contribution in [0.5, 0.6) is 0 Å². The van der Waals surface area contributed by atoms with Gasteiger partial charge in [0, 0.05) is 31.8 Å². The summed E-state index contributed by atoms with van der Waals surface area (Å²) in [5, 5.41) is 3.42. The van der Waals surface area contributed by atoms with Gasteiger partial charge in [-0.1, -0.05) is 43.9 Å². The van der Waals surface area contributed by atoms with E-state index in [0.717, 1.165) is 37.8 Å². The van der Waals surface area contributed by atoms with Crippen molar-refractivity contribution in [3.63, 3.8) is 0 Å². The minimum Gasteiger partial charge on any atom is -0.383 e. The third-order valence-electron chi connectivity index (χ3n) is 9.09. The number of hydrogen-bond donors (Lipinski definition) is 1. The highest BCUT2D eigenvalue weighted by Crippen LogP contribution is 2.49. The van der Waals surface area contributed by atoms with Crippen LogP contribution < -0.4 is 5.32 Å². The minimum atomic E-state index is -0.449. The number of nitrogens with zero attached hydrogens (tertiary/aromatic N) is 2. The maximum Gasteiger partial charge on any atom is 0.254 e. The zero-order valence-electron chi connectivity index (χ0n) is 20.8. The summed E-state index contributed by atoms with van der Waals surface area (Å²) in [6, 6.07) is 8.43. The highest BCUT2D eigenvalue weighted by atomic mass is 16.5. The van der Waals surface area contributed by atoms with Crippen molar-refractivity contribution in [1.82, 2.24) is 15.1 Å². The van der Waals surface area contributed by atoms with E-state index >= 15 is 0 Å². The maximum absolute atomic E-state index is 14.1. The van der Waals surface area contributed by atoms with Crippen LogP contribution in [-0.2, 0) is 9.53 Å². The Balaban J connectivity index is 1.43. The van der Waals surface area contributed by atoms with Crippen LogP contribution in [0.3, 0.4) is 0 Å².